The molecule has 26 heavy (non-hydrogen) atoms. The monoisotopic (exact) mass is 372 g/mol. The maximum Gasteiger partial charge on any atom is 0.269 e. The maximum atomic E-state index is 12.6. The van der Waals surface area contributed by atoms with Crippen LogP contribution >= 0.6 is 0 Å². The van der Waals surface area contributed by atoms with Crippen molar-refractivity contribution in [1.29, 1.82) is 0 Å². The van der Waals surface area contributed by atoms with Crippen LogP contribution in [-0.2, 0) is 14.8 Å². The predicted molar refractivity (Wildman–Crippen MR) is 94.3 cm³/mol. The van der Waals surface area contributed by atoms with E-state index in [1.807, 2.05) is 0 Å². The summed E-state index contributed by atoms with van der Waals surface area (Å²) in [5.74, 6) is -1.48. The SMILES string of the molecule is CC(=O)c1ccc(NC(=O)[C@H](C)N2C(=O)c3ccccc3S2(=O)=O)cc1. The van der Waals surface area contributed by atoms with Crippen molar-refractivity contribution in [3.63, 3.8) is 0 Å². The number of benzene rings is 2. The van der Waals surface area contributed by atoms with E-state index in [0.29, 0.717) is 15.6 Å². The standard InChI is InChI=1S/C18H16N2O5S/c1-11(17(22)19-14-9-7-13(8-10-14)12(2)21)20-18(23)15-5-3-4-6-16(15)26(20,24)25/h3-11H,1-2H3,(H,19,22)/t11-/m0/s1. The fourth-order valence-corrected chi connectivity index (χ4v) is 4.45. The van der Waals surface area contributed by atoms with Gasteiger partial charge in [0.15, 0.2) is 5.78 Å². The lowest BCUT2D eigenvalue weighted by Crippen LogP contribution is -2.45. The molecule has 0 unspecified atom stereocenters. The van der Waals surface area contributed by atoms with Crippen molar-refractivity contribution < 1.29 is 22.8 Å². The van der Waals surface area contributed by atoms with Gasteiger partial charge in [0.05, 0.1) is 5.56 Å². The van der Waals surface area contributed by atoms with Crippen molar-refractivity contribution in [2.75, 3.05) is 5.32 Å². The highest BCUT2D eigenvalue weighted by Gasteiger charge is 2.45. The number of nitrogens with one attached hydrogen (secondary N) is 1. The summed E-state index contributed by atoms with van der Waals surface area (Å²) in [7, 11) is -4.07. The molecule has 2 aromatic rings. The summed E-state index contributed by atoms with van der Waals surface area (Å²) >= 11 is 0. The number of nitrogens with zero attached hydrogens (tertiary/aromatic N) is 1. The van der Waals surface area contributed by atoms with Crippen LogP contribution in [-0.4, -0.2) is 36.4 Å². The molecule has 0 saturated heterocycles. The zero-order chi connectivity index (χ0) is 19.1. The van der Waals surface area contributed by atoms with Gasteiger partial charge in [-0.1, -0.05) is 12.1 Å². The molecule has 0 fully saturated rings. The molecule has 2 amide bonds. The van der Waals surface area contributed by atoms with Gasteiger partial charge in [-0.15, -0.1) is 0 Å². The van der Waals surface area contributed by atoms with Crippen molar-refractivity contribution in [3.05, 3.63) is 59.7 Å². The van der Waals surface area contributed by atoms with Gasteiger partial charge in [-0.3, -0.25) is 14.4 Å². The van der Waals surface area contributed by atoms with E-state index in [4.69, 9.17) is 0 Å². The van der Waals surface area contributed by atoms with Crippen molar-refractivity contribution in [3.8, 4) is 0 Å². The molecule has 0 spiro atoms. The molecule has 134 valence electrons. The summed E-state index contributed by atoms with van der Waals surface area (Å²) in [6.45, 7) is 2.78. The Bertz CT molecular complexity index is 1010. The van der Waals surface area contributed by atoms with Gasteiger partial charge in [0.2, 0.25) is 5.91 Å². The third-order valence-corrected chi connectivity index (χ3v) is 6.06. The average Bonchev–Trinajstić information content (AvgIpc) is 2.81. The molecule has 0 aromatic heterocycles. The van der Waals surface area contributed by atoms with E-state index in [9.17, 15) is 22.8 Å². The van der Waals surface area contributed by atoms with Crippen LogP contribution in [0.1, 0.15) is 34.6 Å². The summed E-state index contributed by atoms with van der Waals surface area (Å²) in [5, 5.41) is 2.56. The molecular weight excluding hydrogens is 356 g/mol. The fraction of sp³-hybridized carbons (Fsp3) is 0.167. The second-order valence-electron chi connectivity index (χ2n) is 5.90. The summed E-state index contributed by atoms with van der Waals surface area (Å²) < 4.78 is 25.8. The van der Waals surface area contributed by atoms with Crippen molar-refractivity contribution in [1.82, 2.24) is 4.31 Å². The fourth-order valence-electron chi connectivity index (χ4n) is 2.73. The van der Waals surface area contributed by atoms with Gasteiger partial charge >= 0.3 is 0 Å². The summed E-state index contributed by atoms with van der Waals surface area (Å²) in [5.41, 5.74) is 0.940. The number of carbonyl (C=O) groups excluding carboxylic acids is 3. The number of amides is 2. The lowest BCUT2D eigenvalue weighted by Gasteiger charge is -2.22. The quantitative estimate of drug-likeness (QED) is 0.828. The summed E-state index contributed by atoms with van der Waals surface area (Å²) in [6, 6.07) is 10.8. The van der Waals surface area contributed by atoms with Gasteiger partial charge in [0.1, 0.15) is 10.9 Å². The smallest absolute Gasteiger partial charge is 0.269 e. The molecule has 3 rings (SSSR count). The minimum Gasteiger partial charge on any atom is -0.324 e. The molecule has 0 bridgehead atoms. The second kappa shape index (κ2) is 6.38. The zero-order valence-corrected chi connectivity index (χ0v) is 14.9. The van der Waals surface area contributed by atoms with Gasteiger partial charge in [-0.25, -0.2) is 12.7 Å². The molecule has 2 aromatic carbocycles. The largest absolute Gasteiger partial charge is 0.324 e. The van der Waals surface area contributed by atoms with E-state index in [2.05, 4.69) is 5.32 Å². The van der Waals surface area contributed by atoms with Gasteiger partial charge in [-0.05, 0) is 50.2 Å². The number of Topliss-reactive ketones (excluding diaryl/α,β-unsaturated/α-hetero) is 1. The highest BCUT2D eigenvalue weighted by molar-refractivity contribution is 7.90. The van der Waals surface area contributed by atoms with E-state index in [0.717, 1.165) is 0 Å². The van der Waals surface area contributed by atoms with E-state index >= 15 is 0 Å². The Labute approximate surface area is 150 Å². The third-order valence-electron chi connectivity index (χ3n) is 4.14. The van der Waals surface area contributed by atoms with Gasteiger partial charge in [-0.2, -0.15) is 0 Å². The molecule has 8 heteroatoms. The number of rotatable bonds is 4. The number of fused-ring (bicyclic) bond motifs is 1. The van der Waals surface area contributed by atoms with Crippen molar-refractivity contribution in [2.45, 2.75) is 24.8 Å². The number of ketones is 1. The Balaban J connectivity index is 1.83. The Hall–Kier alpha value is -3.00. The van der Waals surface area contributed by atoms with Crippen LogP contribution < -0.4 is 5.32 Å². The molecule has 0 saturated carbocycles. The first-order chi connectivity index (χ1) is 12.2. The Morgan fingerprint density at radius 3 is 2.23 bits per heavy atom. The van der Waals surface area contributed by atoms with Crippen molar-refractivity contribution >= 4 is 33.3 Å². The van der Waals surface area contributed by atoms with Crippen LogP contribution in [0.2, 0.25) is 0 Å². The first kappa shape index (κ1) is 17.8. The normalized spacial score (nSPS) is 16.1. The lowest BCUT2D eigenvalue weighted by molar-refractivity contribution is -0.118. The topological polar surface area (TPSA) is 101 Å². The molecule has 0 aliphatic carbocycles. The van der Waals surface area contributed by atoms with Crippen LogP contribution in [0.5, 0.6) is 0 Å². The van der Waals surface area contributed by atoms with Crippen LogP contribution in [0, 0.1) is 0 Å². The van der Waals surface area contributed by atoms with E-state index < -0.39 is 27.9 Å². The minimum absolute atomic E-state index is 0.0537. The van der Waals surface area contributed by atoms with Gasteiger partial charge in [0, 0.05) is 11.3 Å². The highest BCUT2D eigenvalue weighted by atomic mass is 32.2. The molecule has 1 heterocycles. The molecular formula is C18H16N2O5S. The number of anilines is 1. The second-order valence-corrected chi connectivity index (χ2v) is 7.68. The molecule has 1 aliphatic heterocycles. The Morgan fingerprint density at radius 1 is 1.04 bits per heavy atom. The van der Waals surface area contributed by atoms with Crippen molar-refractivity contribution in [2.24, 2.45) is 0 Å². The van der Waals surface area contributed by atoms with Gasteiger partial charge < -0.3 is 5.32 Å². The minimum atomic E-state index is -4.07. The van der Waals surface area contributed by atoms with Gasteiger partial charge in [0.25, 0.3) is 15.9 Å². The highest BCUT2D eigenvalue weighted by Crippen LogP contribution is 2.31. The molecule has 1 atom stereocenters. The average molecular weight is 372 g/mol. The third kappa shape index (κ3) is 2.88. The first-order valence-corrected chi connectivity index (χ1v) is 9.27. The number of sulfonamides is 1. The lowest BCUT2D eigenvalue weighted by atomic mass is 10.1. The summed E-state index contributed by atoms with van der Waals surface area (Å²) in [6.07, 6.45) is 0. The Morgan fingerprint density at radius 2 is 1.65 bits per heavy atom. The van der Waals surface area contributed by atoms with E-state index in [1.165, 1.54) is 44.2 Å². The number of carbonyl (C=O) groups is 3. The van der Waals surface area contributed by atoms with E-state index in [-0.39, 0.29) is 16.2 Å². The Kier molecular flexibility index (Phi) is 4.37. The molecule has 7 nitrogen and oxygen atoms in total. The number of hydrogen-bond acceptors (Lipinski definition) is 5. The van der Waals surface area contributed by atoms with Crippen LogP contribution in [0.25, 0.3) is 0 Å². The molecule has 1 aliphatic rings. The molecule has 0 radical (unpaired) electrons. The number of hydrogen-bond donors (Lipinski definition) is 1. The maximum absolute atomic E-state index is 12.6. The first-order valence-electron chi connectivity index (χ1n) is 7.83. The summed E-state index contributed by atoms with van der Waals surface area (Å²) in [4.78, 5) is 36.1. The predicted octanol–water partition coefficient (Wildman–Crippen LogP) is 2.06. The zero-order valence-electron chi connectivity index (χ0n) is 14.1. The van der Waals surface area contributed by atoms with E-state index in [1.54, 1.807) is 18.2 Å². The van der Waals surface area contributed by atoms with Crippen LogP contribution in [0.4, 0.5) is 5.69 Å². The molecule has 1 N–H and O–H groups in total. The van der Waals surface area contributed by atoms with Crippen LogP contribution in [0.3, 0.4) is 0 Å². The van der Waals surface area contributed by atoms with Crippen LogP contribution in [0.15, 0.2) is 53.4 Å².